The SMILES string of the molecule is COc1ccc(C(=O)C=Cc2ccccc2Cl)cc1CC(=O)O. The van der Waals surface area contributed by atoms with E-state index in [1.54, 1.807) is 30.3 Å². The number of carbonyl (C=O) groups is 2. The molecule has 0 aromatic heterocycles. The summed E-state index contributed by atoms with van der Waals surface area (Å²) in [7, 11) is 1.46. The molecule has 23 heavy (non-hydrogen) atoms. The maximum atomic E-state index is 12.2. The Morgan fingerprint density at radius 2 is 1.96 bits per heavy atom. The van der Waals surface area contributed by atoms with Crippen LogP contribution >= 0.6 is 11.6 Å². The van der Waals surface area contributed by atoms with Crippen LogP contribution in [0, 0.1) is 0 Å². The average Bonchev–Trinajstić information content (AvgIpc) is 2.53. The zero-order valence-corrected chi connectivity index (χ0v) is 13.2. The summed E-state index contributed by atoms with van der Waals surface area (Å²) in [5.74, 6) is -0.780. The van der Waals surface area contributed by atoms with Crippen molar-refractivity contribution in [2.75, 3.05) is 7.11 Å². The molecule has 5 heteroatoms. The van der Waals surface area contributed by atoms with Gasteiger partial charge >= 0.3 is 5.97 Å². The minimum atomic E-state index is -0.987. The largest absolute Gasteiger partial charge is 0.496 e. The Hall–Kier alpha value is -2.59. The standard InChI is InChI=1S/C18H15ClO4/c1-23-17-9-7-13(10-14(17)11-18(21)22)16(20)8-6-12-4-2-3-5-15(12)19/h2-10H,11H2,1H3,(H,21,22). The molecule has 0 heterocycles. The van der Waals surface area contributed by atoms with E-state index in [-0.39, 0.29) is 12.2 Å². The summed E-state index contributed by atoms with van der Waals surface area (Å²) in [5.41, 5.74) is 1.59. The number of allylic oxidation sites excluding steroid dienone is 1. The number of aliphatic carboxylic acids is 1. The van der Waals surface area contributed by atoms with Crippen molar-refractivity contribution < 1.29 is 19.4 Å². The highest BCUT2D eigenvalue weighted by Gasteiger charge is 2.11. The highest BCUT2D eigenvalue weighted by Crippen LogP contribution is 2.22. The van der Waals surface area contributed by atoms with Gasteiger partial charge in [-0.3, -0.25) is 9.59 Å². The Kier molecular flexibility index (Phi) is 5.55. The Morgan fingerprint density at radius 1 is 1.22 bits per heavy atom. The Labute approximate surface area is 139 Å². The zero-order chi connectivity index (χ0) is 16.8. The van der Waals surface area contributed by atoms with E-state index in [0.29, 0.717) is 21.9 Å². The number of carboxylic acids is 1. The normalized spacial score (nSPS) is 10.7. The van der Waals surface area contributed by atoms with Crippen molar-refractivity contribution in [3.8, 4) is 5.75 Å². The van der Waals surface area contributed by atoms with Crippen LogP contribution in [0.2, 0.25) is 5.02 Å². The predicted octanol–water partition coefficient (Wildman–Crippen LogP) is 3.87. The minimum absolute atomic E-state index is 0.210. The third-order valence-corrected chi connectivity index (χ3v) is 3.57. The first-order chi connectivity index (χ1) is 11.0. The molecule has 0 aliphatic carbocycles. The summed E-state index contributed by atoms with van der Waals surface area (Å²) in [4.78, 5) is 23.1. The van der Waals surface area contributed by atoms with Crippen molar-refractivity contribution in [2.45, 2.75) is 6.42 Å². The fraction of sp³-hybridized carbons (Fsp3) is 0.111. The number of hydrogen-bond donors (Lipinski definition) is 1. The van der Waals surface area contributed by atoms with Crippen molar-refractivity contribution in [3.05, 3.63) is 70.3 Å². The maximum absolute atomic E-state index is 12.2. The van der Waals surface area contributed by atoms with Crippen molar-refractivity contribution in [2.24, 2.45) is 0 Å². The topological polar surface area (TPSA) is 63.6 Å². The first-order valence-electron chi connectivity index (χ1n) is 6.87. The predicted molar refractivity (Wildman–Crippen MR) is 89.2 cm³/mol. The van der Waals surface area contributed by atoms with Gasteiger partial charge in [0.2, 0.25) is 0 Å². The van der Waals surface area contributed by atoms with Crippen LogP contribution in [-0.2, 0) is 11.2 Å². The van der Waals surface area contributed by atoms with E-state index >= 15 is 0 Å². The number of methoxy groups -OCH3 is 1. The molecule has 0 fully saturated rings. The molecule has 0 bridgehead atoms. The first kappa shape index (κ1) is 16.8. The van der Waals surface area contributed by atoms with Gasteiger partial charge in [0.25, 0.3) is 0 Å². The van der Waals surface area contributed by atoms with Crippen LogP contribution in [0.3, 0.4) is 0 Å². The highest BCUT2D eigenvalue weighted by atomic mass is 35.5. The molecule has 2 rings (SSSR count). The molecule has 0 aliphatic rings. The second-order valence-corrected chi connectivity index (χ2v) is 5.22. The van der Waals surface area contributed by atoms with Crippen molar-refractivity contribution in [1.82, 2.24) is 0 Å². The number of benzene rings is 2. The van der Waals surface area contributed by atoms with E-state index in [4.69, 9.17) is 21.4 Å². The molecule has 118 valence electrons. The second-order valence-electron chi connectivity index (χ2n) is 4.82. The van der Waals surface area contributed by atoms with Gasteiger partial charge in [0.1, 0.15) is 5.75 Å². The van der Waals surface area contributed by atoms with Crippen LogP contribution in [0.15, 0.2) is 48.5 Å². The lowest BCUT2D eigenvalue weighted by Gasteiger charge is -2.08. The molecule has 0 saturated carbocycles. The Balaban J connectivity index is 2.25. The number of ketones is 1. The van der Waals surface area contributed by atoms with Crippen LogP contribution in [0.25, 0.3) is 6.08 Å². The van der Waals surface area contributed by atoms with E-state index in [1.165, 1.54) is 19.3 Å². The molecule has 0 saturated heterocycles. The molecule has 1 N–H and O–H groups in total. The number of halogens is 1. The summed E-state index contributed by atoms with van der Waals surface area (Å²) >= 11 is 6.03. The monoisotopic (exact) mass is 330 g/mol. The zero-order valence-electron chi connectivity index (χ0n) is 12.5. The molecule has 2 aromatic rings. The van der Waals surface area contributed by atoms with E-state index < -0.39 is 5.97 Å². The van der Waals surface area contributed by atoms with Crippen molar-refractivity contribution in [1.29, 1.82) is 0 Å². The van der Waals surface area contributed by atoms with Crippen LogP contribution in [-0.4, -0.2) is 24.0 Å². The molecule has 0 unspecified atom stereocenters. The van der Waals surface area contributed by atoms with Gasteiger partial charge in [0.05, 0.1) is 13.5 Å². The van der Waals surface area contributed by atoms with Gasteiger partial charge in [-0.2, -0.15) is 0 Å². The Bertz CT molecular complexity index is 765. The summed E-state index contributed by atoms with van der Waals surface area (Å²) in [5, 5.41) is 9.48. The summed E-state index contributed by atoms with van der Waals surface area (Å²) in [6.07, 6.45) is 2.83. The van der Waals surface area contributed by atoms with E-state index in [9.17, 15) is 9.59 Å². The number of hydrogen-bond acceptors (Lipinski definition) is 3. The van der Waals surface area contributed by atoms with Crippen LogP contribution in [0.4, 0.5) is 0 Å². The smallest absolute Gasteiger partial charge is 0.307 e. The van der Waals surface area contributed by atoms with Crippen molar-refractivity contribution >= 4 is 29.4 Å². The summed E-state index contributed by atoms with van der Waals surface area (Å²) < 4.78 is 5.12. The third kappa shape index (κ3) is 4.44. The van der Waals surface area contributed by atoms with Crippen LogP contribution in [0.5, 0.6) is 5.75 Å². The number of ether oxygens (including phenoxy) is 1. The third-order valence-electron chi connectivity index (χ3n) is 3.23. The van der Waals surface area contributed by atoms with Gasteiger partial charge in [-0.1, -0.05) is 29.8 Å². The van der Waals surface area contributed by atoms with Gasteiger partial charge in [0, 0.05) is 16.1 Å². The average molecular weight is 331 g/mol. The first-order valence-corrected chi connectivity index (χ1v) is 7.24. The van der Waals surface area contributed by atoms with E-state index in [0.717, 1.165) is 5.56 Å². The maximum Gasteiger partial charge on any atom is 0.307 e. The van der Waals surface area contributed by atoms with Crippen LogP contribution in [0.1, 0.15) is 21.5 Å². The molecular formula is C18H15ClO4. The molecule has 0 radical (unpaired) electrons. The van der Waals surface area contributed by atoms with Gasteiger partial charge in [0.15, 0.2) is 5.78 Å². The minimum Gasteiger partial charge on any atom is -0.496 e. The molecule has 2 aromatic carbocycles. The molecule has 4 nitrogen and oxygen atoms in total. The van der Waals surface area contributed by atoms with E-state index in [1.807, 2.05) is 12.1 Å². The number of carbonyl (C=O) groups excluding carboxylic acids is 1. The quantitative estimate of drug-likeness (QED) is 0.645. The van der Waals surface area contributed by atoms with Gasteiger partial charge in [-0.25, -0.2) is 0 Å². The fourth-order valence-corrected chi connectivity index (χ4v) is 2.30. The highest BCUT2D eigenvalue weighted by molar-refractivity contribution is 6.32. The molecule has 0 aliphatic heterocycles. The summed E-state index contributed by atoms with van der Waals surface area (Å²) in [6.45, 7) is 0. The number of carboxylic acid groups (broad SMARTS) is 1. The van der Waals surface area contributed by atoms with Gasteiger partial charge < -0.3 is 9.84 Å². The summed E-state index contributed by atoms with van der Waals surface area (Å²) in [6, 6.07) is 11.9. The number of rotatable bonds is 6. The molecule has 0 atom stereocenters. The van der Waals surface area contributed by atoms with E-state index in [2.05, 4.69) is 0 Å². The Morgan fingerprint density at radius 3 is 2.61 bits per heavy atom. The molecule has 0 spiro atoms. The van der Waals surface area contributed by atoms with Gasteiger partial charge in [-0.15, -0.1) is 0 Å². The lowest BCUT2D eigenvalue weighted by molar-refractivity contribution is -0.136. The van der Waals surface area contributed by atoms with Crippen molar-refractivity contribution in [3.63, 3.8) is 0 Å². The van der Waals surface area contributed by atoms with Crippen LogP contribution < -0.4 is 4.74 Å². The second kappa shape index (κ2) is 7.61. The lowest BCUT2D eigenvalue weighted by Crippen LogP contribution is -2.04. The molecular weight excluding hydrogens is 316 g/mol. The van der Waals surface area contributed by atoms with Gasteiger partial charge in [-0.05, 0) is 42.0 Å². The fourth-order valence-electron chi connectivity index (χ4n) is 2.10. The lowest BCUT2D eigenvalue weighted by atomic mass is 10.0. The molecule has 0 amide bonds.